The number of benzene rings is 1. The van der Waals surface area contributed by atoms with Crippen molar-refractivity contribution in [3.63, 3.8) is 0 Å². The minimum Gasteiger partial charge on any atom is -0.392 e. The molecule has 0 radical (unpaired) electrons. The molecule has 0 aliphatic carbocycles. The molecule has 3 heteroatoms. The Hall–Kier alpha value is -0.570. The Morgan fingerprint density at radius 3 is 2.62 bits per heavy atom. The predicted octanol–water partition coefficient (Wildman–Crippen LogP) is 2.64. The van der Waals surface area contributed by atoms with Gasteiger partial charge >= 0.3 is 0 Å². The van der Waals surface area contributed by atoms with Gasteiger partial charge in [0.05, 0.1) is 6.61 Å². The summed E-state index contributed by atoms with van der Waals surface area (Å²) >= 11 is 6.25. The highest BCUT2D eigenvalue weighted by atomic mass is 35.5. The molecule has 1 saturated heterocycles. The first-order valence-corrected chi connectivity index (χ1v) is 6.16. The van der Waals surface area contributed by atoms with Crippen LogP contribution in [0.1, 0.15) is 29.9 Å². The molecule has 1 fully saturated rings. The highest BCUT2D eigenvalue weighted by Gasteiger charge is 2.20. The zero-order valence-electron chi connectivity index (χ0n) is 9.62. The van der Waals surface area contributed by atoms with Crippen LogP contribution in [0.15, 0.2) is 18.2 Å². The van der Waals surface area contributed by atoms with Crippen LogP contribution < -0.4 is 0 Å². The molecule has 1 aliphatic rings. The van der Waals surface area contributed by atoms with E-state index in [-0.39, 0.29) is 6.61 Å². The minimum absolute atomic E-state index is 0.0629. The molecule has 88 valence electrons. The smallest absolute Gasteiger partial charge is 0.0682 e. The fourth-order valence-corrected chi connectivity index (χ4v) is 2.68. The number of nitrogens with zero attached hydrogens (tertiary/aromatic N) is 1. The third kappa shape index (κ3) is 2.57. The van der Waals surface area contributed by atoms with Crippen molar-refractivity contribution < 1.29 is 5.11 Å². The maximum atomic E-state index is 9.03. The van der Waals surface area contributed by atoms with Crippen LogP contribution in [0.3, 0.4) is 0 Å². The van der Waals surface area contributed by atoms with E-state index in [1.54, 1.807) is 0 Å². The Bertz CT molecular complexity index is 359. The quantitative estimate of drug-likeness (QED) is 0.858. The summed E-state index contributed by atoms with van der Waals surface area (Å²) in [5, 5.41) is 9.84. The number of halogens is 1. The van der Waals surface area contributed by atoms with Gasteiger partial charge in [-0.2, -0.15) is 0 Å². The Morgan fingerprint density at radius 1 is 1.38 bits per heavy atom. The van der Waals surface area contributed by atoms with E-state index in [2.05, 4.69) is 18.0 Å². The van der Waals surface area contributed by atoms with Crippen LogP contribution in [0.2, 0.25) is 5.02 Å². The largest absolute Gasteiger partial charge is 0.392 e. The van der Waals surface area contributed by atoms with Crippen molar-refractivity contribution in [1.82, 2.24) is 4.90 Å². The molecule has 1 aromatic carbocycles. The zero-order valence-corrected chi connectivity index (χ0v) is 10.4. The molecule has 2 rings (SSSR count). The number of hydrogen-bond donors (Lipinski definition) is 1. The molecule has 0 atom stereocenters. The lowest BCUT2D eigenvalue weighted by molar-refractivity contribution is 0.255. The molecule has 16 heavy (non-hydrogen) atoms. The molecule has 0 aromatic heterocycles. The van der Waals surface area contributed by atoms with Crippen LogP contribution in [-0.4, -0.2) is 30.1 Å². The Balaban J connectivity index is 2.14. The number of aliphatic hydroxyl groups is 1. The summed E-state index contributed by atoms with van der Waals surface area (Å²) in [6.07, 6.45) is 2.35. The molecule has 1 heterocycles. The van der Waals surface area contributed by atoms with E-state index in [4.69, 9.17) is 16.7 Å². The molecule has 0 unspecified atom stereocenters. The standard InChI is InChI=1S/C13H18ClNO/c1-15-6-4-11(5-7-15)12-3-2-10(9-16)8-13(12)14/h2-3,8,11,16H,4-7,9H2,1H3. The number of aliphatic hydroxyl groups excluding tert-OH is 1. The van der Waals surface area contributed by atoms with Crippen molar-refractivity contribution in [1.29, 1.82) is 0 Å². The zero-order chi connectivity index (χ0) is 11.5. The van der Waals surface area contributed by atoms with Crippen LogP contribution in [0.5, 0.6) is 0 Å². The monoisotopic (exact) mass is 239 g/mol. The minimum atomic E-state index is 0.0629. The maximum Gasteiger partial charge on any atom is 0.0682 e. The van der Waals surface area contributed by atoms with Gasteiger partial charge < -0.3 is 10.0 Å². The van der Waals surface area contributed by atoms with Crippen LogP contribution in [0.4, 0.5) is 0 Å². The lowest BCUT2D eigenvalue weighted by Gasteiger charge is -2.29. The lowest BCUT2D eigenvalue weighted by atomic mass is 9.89. The number of likely N-dealkylation sites (tertiary alicyclic amines) is 1. The summed E-state index contributed by atoms with van der Waals surface area (Å²) in [7, 11) is 2.16. The summed E-state index contributed by atoms with van der Waals surface area (Å²) < 4.78 is 0. The summed E-state index contributed by atoms with van der Waals surface area (Å²) in [6, 6.07) is 5.93. The maximum absolute atomic E-state index is 9.03. The third-order valence-electron chi connectivity index (χ3n) is 3.41. The van der Waals surface area contributed by atoms with Crippen molar-refractivity contribution in [2.24, 2.45) is 0 Å². The molecule has 1 aromatic rings. The van der Waals surface area contributed by atoms with E-state index in [0.29, 0.717) is 5.92 Å². The predicted molar refractivity (Wildman–Crippen MR) is 66.8 cm³/mol. The SMILES string of the molecule is CN1CCC(c2ccc(CO)cc2Cl)CC1. The van der Waals surface area contributed by atoms with Gasteiger partial charge in [0.2, 0.25) is 0 Å². The van der Waals surface area contributed by atoms with Gasteiger partial charge in [-0.25, -0.2) is 0 Å². The number of hydrogen-bond acceptors (Lipinski definition) is 2. The lowest BCUT2D eigenvalue weighted by Crippen LogP contribution is -2.29. The van der Waals surface area contributed by atoms with Crippen molar-refractivity contribution in [2.45, 2.75) is 25.4 Å². The van der Waals surface area contributed by atoms with E-state index in [0.717, 1.165) is 23.7 Å². The van der Waals surface area contributed by atoms with Gasteiger partial charge in [-0.05, 0) is 56.1 Å². The Kier molecular flexibility index (Phi) is 3.85. The molecule has 1 aliphatic heterocycles. The van der Waals surface area contributed by atoms with Crippen LogP contribution >= 0.6 is 11.6 Å². The van der Waals surface area contributed by atoms with E-state index in [9.17, 15) is 0 Å². The number of rotatable bonds is 2. The van der Waals surface area contributed by atoms with Gasteiger partial charge in [0, 0.05) is 5.02 Å². The first-order chi connectivity index (χ1) is 7.70. The second-order valence-electron chi connectivity index (χ2n) is 4.59. The van der Waals surface area contributed by atoms with Gasteiger partial charge in [-0.1, -0.05) is 23.7 Å². The fourth-order valence-electron chi connectivity index (χ4n) is 2.32. The van der Waals surface area contributed by atoms with E-state index in [1.165, 1.54) is 18.4 Å². The Morgan fingerprint density at radius 2 is 2.06 bits per heavy atom. The van der Waals surface area contributed by atoms with E-state index < -0.39 is 0 Å². The van der Waals surface area contributed by atoms with Crippen LogP contribution in [-0.2, 0) is 6.61 Å². The normalized spacial score (nSPS) is 18.9. The van der Waals surface area contributed by atoms with E-state index in [1.807, 2.05) is 12.1 Å². The van der Waals surface area contributed by atoms with Crippen molar-refractivity contribution in [3.05, 3.63) is 34.3 Å². The third-order valence-corrected chi connectivity index (χ3v) is 3.73. The molecule has 0 amide bonds. The van der Waals surface area contributed by atoms with Crippen LogP contribution in [0.25, 0.3) is 0 Å². The number of piperidine rings is 1. The van der Waals surface area contributed by atoms with Gasteiger partial charge in [0.25, 0.3) is 0 Å². The summed E-state index contributed by atoms with van der Waals surface area (Å²) in [6.45, 7) is 2.35. The highest BCUT2D eigenvalue weighted by Crippen LogP contribution is 2.32. The van der Waals surface area contributed by atoms with E-state index >= 15 is 0 Å². The van der Waals surface area contributed by atoms with Crippen molar-refractivity contribution in [2.75, 3.05) is 20.1 Å². The molecule has 0 spiro atoms. The highest BCUT2D eigenvalue weighted by molar-refractivity contribution is 6.31. The van der Waals surface area contributed by atoms with Crippen molar-refractivity contribution in [3.8, 4) is 0 Å². The molecule has 2 nitrogen and oxygen atoms in total. The van der Waals surface area contributed by atoms with Gasteiger partial charge in [-0.15, -0.1) is 0 Å². The Labute approximate surface area is 102 Å². The average molecular weight is 240 g/mol. The molecule has 1 N–H and O–H groups in total. The molecule has 0 bridgehead atoms. The molecular formula is C13H18ClNO. The van der Waals surface area contributed by atoms with Gasteiger partial charge in [0.15, 0.2) is 0 Å². The second kappa shape index (κ2) is 5.17. The fraction of sp³-hybridized carbons (Fsp3) is 0.538. The topological polar surface area (TPSA) is 23.5 Å². The molecular weight excluding hydrogens is 222 g/mol. The first kappa shape index (κ1) is 11.9. The average Bonchev–Trinajstić information content (AvgIpc) is 2.30. The summed E-state index contributed by atoms with van der Waals surface area (Å²) in [4.78, 5) is 2.35. The summed E-state index contributed by atoms with van der Waals surface area (Å²) in [5.41, 5.74) is 2.13. The van der Waals surface area contributed by atoms with Gasteiger partial charge in [0.1, 0.15) is 0 Å². The summed E-state index contributed by atoms with van der Waals surface area (Å²) in [5.74, 6) is 0.580. The first-order valence-electron chi connectivity index (χ1n) is 5.78. The van der Waals surface area contributed by atoms with Crippen molar-refractivity contribution >= 4 is 11.6 Å². The van der Waals surface area contributed by atoms with Gasteiger partial charge in [-0.3, -0.25) is 0 Å². The van der Waals surface area contributed by atoms with Crippen LogP contribution in [0, 0.1) is 0 Å². The second-order valence-corrected chi connectivity index (χ2v) is 5.00. The molecule has 0 saturated carbocycles.